The number of alkyl halides is 1. The van der Waals surface area contributed by atoms with Crippen LogP contribution in [0, 0.1) is 12.7 Å². The van der Waals surface area contributed by atoms with Gasteiger partial charge in [-0.2, -0.15) is 18.4 Å². The number of carbonyl (C=O) groups is 1. The van der Waals surface area contributed by atoms with E-state index in [1.165, 1.54) is 43.5 Å². The van der Waals surface area contributed by atoms with Crippen molar-refractivity contribution in [3.8, 4) is 0 Å². The van der Waals surface area contributed by atoms with Crippen molar-refractivity contribution >= 4 is 21.5 Å². The molecule has 11 heteroatoms. The fourth-order valence-electron chi connectivity index (χ4n) is 4.73. The highest BCUT2D eigenvalue weighted by atomic mass is 32.2. The molecule has 0 spiro atoms. The van der Waals surface area contributed by atoms with Crippen LogP contribution < -0.4 is 10.1 Å². The topological polar surface area (TPSA) is 100 Å². The van der Waals surface area contributed by atoms with Crippen molar-refractivity contribution in [3.05, 3.63) is 89.3 Å². The van der Waals surface area contributed by atoms with E-state index in [0.717, 1.165) is 5.56 Å². The monoisotopic (exact) mass is 572 g/mol. The second-order valence-corrected chi connectivity index (χ2v) is 11.6. The highest BCUT2D eigenvalue weighted by Crippen LogP contribution is 2.30. The Morgan fingerprint density at radius 3 is 2.62 bits per heavy atom. The van der Waals surface area contributed by atoms with E-state index < -0.39 is 27.7 Å². The summed E-state index contributed by atoms with van der Waals surface area (Å²) in [6, 6.07) is 11.8. The Labute approximate surface area is 233 Å². The number of carbonyl (C=O) groups excluding carboxylic acids is 1. The highest BCUT2D eigenvalue weighted by molar-refractivity contribution is 7.89. The van der Waals surface area contributed by atoms with Gasteiger partial charge in [0.1, 0.15) is 11.9 Å². The summed E-state index contributed by atoms with van der Waals surface area (Å²) in [5.74, 6) is -2.24. The zero-order chi connectivity index (χ0) is 28.8. The maximum Gasteiger partial charge on any atom is 0.276 e. The summed E-state index contributed by atoms with van der Waals surface area (Å²) >= 11 is 0. The molecule has 0 bridgehead atoms. The molecule has 2 aromatic rings. The lowest BCUT2D eigenvalue weighted by Gasteiger charge is -2.42. The van der Waals surface area contributed by atoms with E-state index in [4.69, 9.17) is 4.74 Å². The van der Waals surface area contributed by atoms with E-state index in [0.29, 0.717) is 42.9 Å². The van der Waals surface area contributed by atoms with Gasteiger partial charge in [-0.15, -0.1) is 0 Å². The van der Waals surface area contributed by atoms with Crippen LogP contribution in [0.15, 0.2) is 82.3 Å². The molecule has 2 atom stereocenters. The molecule has 4 rings (SSSR count). The number of piperazine rings is 1. The molecule has 2 N–H and O–H groups in total. The van der Waals surface area contributed by atoms with Crippen LogP contribution in [-0.2, 0) is 14.8 Å². The number of sulfonamides is 1. The molecule has 1 heterocycles. The Morgan fingerprint density at radius 1 is 1.20 bits per heavy atom. The van der Waals surface area contributed by atoms with Crippen molar-refractivity contribution in [2.75, 3.05) is 33.3 Å². The number of benzene rings is 2. The van der Waals surface area contributed by atoms with E-state index in [1.54, 1.807) is 35.3 Å². The third-order valence-corrected chi connectivity index (χ3v) is 8.21. The third kappa shape index (κ3) is 7.48. The molecule has 214 valence electrons. The number of nitrogens with zero attached hydrogens (tertiary/aromatic N) is 2. The average molecular weight is 573 g/mol. The predicted molar refractivity (Wildman–Crippen MR) is 150 cm³/mol. The molecule has 0 aromatic heterocycles. The van der Waals surface area contributed by atoms with Crippen molar-refractivity contribution in [2.24, 2.45) is 5.10 Å². The van der Waals surface area contributed by atoms with Crippen LogP contribution in [0.2, 0.25) is 0 Å². The highest BCUT2D eigenvalue weighted by Gasteiger charge is 2.39. The number of Topliss-reactive ketones (excluding diaryl/α,β-unsaturated/α-hetero) is 1. The summed E-state index contributed by atoms with van der Waals surface area (Å²) in [4.78, 5) is 16.5. The first-order valence-electron chi connectivity index (χ1n) is 13.1. The SMILES string of the molecule is COC1C=CC(CC2(F)CNCCN2CCCC(=O)c2ccc(F)cc2)=CC1=NNS(=O)(=O)c1ccc(C)cc1. The predicted octanol–water partition coefficient (Wildman–Crippen LogP) is 3.90. The van der Waals surface area contributed by atoms with Gasteiger partial charge >= 0.3 is 0 Å². The van der Waals surface area contributed by atoms with Crippen molar-refractivity contribution in [1.82, 2.24) is 15.0 Å². The van der Waals surface area contributed by atoms with Crippen LogP contribution in [0.5, 0.6) is 0 Å². The van der Waals surface area contributed by atoms with Gasteiger partial charge in [0, 0.05) is 51.7 Å². The van der Waals surface area contributed by atoms with Gasteiger partial charge in [-0.05, 0) is 67.5 Å². The van der Waals surface area contributed by atoms with E-state index in [-0.39, 0.29) is 30.1 Å². The molecule has 2 aromatic carbocycles. The van der Waals surface area contributed by atoms with Gasteiger partial charge < -0.3 is 10.1 Å². The second-order valence-electron chi connectivity index (χ2n) is 9.97. The molecule has 2 unspecified atom stereocenters. The van der Waals surface area contributed by atoms with Gasteiger partial charge in [0.15, 0.2) is 11.6 Å². The Morgan fingerprint density at radius 2 is 1.93 bits per heavy atom. The van der Waals surface area contributed by atoms with E-state index in [1.807, 2.05) is 6.92 Å². The van der Waals surface area contributed by atoms with Gasteiger partial charge in [0.05, 0.1) is 10.6 Å². The molecule has 0 amide bonds. The molecule has 1 fully saturated rings. The summed E-state index contributed by atoms with van der Waals surface area (Å²) in [5.41, 5.74) is 2.29. The number of ketones is 1. The fourth-order valence-corrected chi connectivity index (χ4v) is 5.56. The summed E-state index contributed by atoms with van der Waals surface area (Å²) in [7, 11) is -2.42. The number of rotatable bonds is 11. The van der Waals surface area contributed by atoms with Gasteiger partial charge in [-0.3, -0.25) is 9.69 Å². The first-order valence-corrected chi connectivity index (χ1v) is 14.6. The zero-order valence-corrected chi connectivity index (χ0v) is 23.4. The minimum atomic E-state index is -3.90. The normalized spacial score (nSPS) is 22.8. The first kappa shape index (κ1) is 29.7. The van der Waals surface area contributed by atoms with Gasteiger partial charge in [0.25, 0.3) is 10.0 Å². The van der Waals surface area contributed by atoms with Crippen LogP contribution >= 0.6 is 0 Å². The van der Waals surface area contributed by atoms with Crippen LogP contribution in [0.25, 0.3) is 0 Å². The summed E-state index contributed by atoms with van der Waals surface area (Å²) in [6.45, 7) is 3.43. The number of halogens is 2. The number of allylic oxidation sites excluding steroid dienone is 1. The lowest BCUT2D eigenvalue weighted by molar-refractivity contribution is -0.0513. The Hall–Kier alpha value is -3.25. The molecule has 8 nitrogen and oxygen atoms in total. The molecule has 2 aliphatic rings. The molecule has 40 heavy (non-hydrogen) atoms. The molecule has 0 radical (unpaired) electrons. The van der Waals surface area contributed by atoms with E-state index in [9.17, 15) is 17.6 Å². The maximum atomic E-state index is 16.3. The quantitative estimate of drug-likeness (QED) is 0.241. The van der Waals surface area contributed by atoms with Crippen molar-refractivity contribution in [1.29, 1.82) is 0 Å². The number of hydrazone groups is 1. The van der Waals surface area contributed by atoms with Gasteiger partial charge in [0.2, 0.25) is 0 Å². The number of hydrogen-bond donors (Lipinski definition) is 2. The standard InChI is InChI=1S/C29H34F2N4O4S/c1-21-5-12-25(13-6-21)40(37,38)34-33-26-18-22(7-14-28(26)39-2)19-29(31)20-32-15-17-35(29)16-3-4-27(36)23-8-10-24(30)11-9-23/h5-14,18,28,32,34H,3-4,15-17,19-20H2,1-2H3. The molecule has 1 saturated heterocycles. The average Bonchev–Trinajstić information content (AvgIpc) is 2.93. The minimum Gasteiger partial charge on any atom is -0.371 e. The molecule has 1 aliphatic carbocycles. The Balaban J connectivity index is 1.43. The molecule has 1 aliphatic heterocycles. The fraction of sp³-hybridized carbons (Fsp3) is 0.379. The number of nitrogens with one attached hydrogen (secondary N) is 2. The number of aryl methyl sites for hydroxylation is 1. The molecular formula is C29H34F2N4O4S. The van der Waals surface area contributed by atoms with Gasteiger partial charge in [-0.1, -0.05) is 23.8 Å². The first-order chi connectivity index (χ1) is 19.1. The Kier molecular flexibility index (Phi) is 9.62. The minimum absolute atomic E-state index is 0.0303. The van der Waals surface area contributed by atoms with Crippen molar-refractivity contribution in [3.63, 3.8) is 0 Å². The molecular weight excluding hydrogens is 538 g/mol. The lowest BCUT2D eigenvalue weighted by atomic mass is 9.94. The summed E-state index contributed by atoms with van der Waals surface area (Å²) in [6.07, 6.45) is 5.21. The van der Waals surface area contributed by atoms with Crippen molar-refractivity contribution in [2.45, 2.75) is 43.0 Å². The second kappa shape index (κ2) is 12.9. The summed E-state index contributed by atoms with van der Waals surface area (Å²) < 4.78 is 60.3. The van der Waals surface area contributed by atoms with Crippen LogP contribution in [-0.4, -0.2) is 70.0 Å². The molecule has 0 saturated carbocycles. The maximum absolute atomic E-state index is 16.3. The van der Waals surface area contributed by atoms with E-state index >= 15 is 4.39 Å². The summed E-state index contributed by atoms with van der Waals surface area (Å²) in [5, 5.41) is 7.21. The van der Waals surface area contributed by atoms with Crippen LogP contribution in [0.4, 0.5) is 8.78 Å². The van der Waals surface area contributed by atoms with Crippen LogP contribution in [0.3, 0.4) is 0 Å². The van der Waals surface area contributed by atoms with E-state index in [2.05, 4.69) is 15.2 Å². The lowest BCUT2D eigenvalue weighted by Crippen LogP contribution is -2.59. The smallest absolute Gasteiger partial charge is 0.276 e. The number of ether oxygens (including phenoxy) is 1. The van der Waals surface area contributed by atoms with Gasteiger partial charge in [-0.25, -0.2) is 8.78 Å². The number of methoxy groups -OCH3 is 1. The van der Waals surface area contributed by atoms with Crippen LogP contribution in [0.1, 0.15) is 35.2 Å². The number of hydrogen-bond acceptors (Lipinski definition) is 7. The Bertz CT molecular complexity index is 1390. The third-order valence-electron chi connectivity index (χ3n) is 6.98. The largest absolute Gasteiger partial charge is 0.371 e. The zero-order valence-electron chi connectivity index (χ0n) is 22.6. The van der Waals surface area contributed by atoms with Crippen molar-refractivity contribution < 1.29 is 26.7 Å².